The second-order valence-corrected chi connectivity index (χ2v) is 33.6. The Morgan fingerprint density at radius 1 is 0.359 bits per heavy atom. The molecule has 1 unspecified atom stereocenters. The average molecular weight is 1760 g/mol. The lowest BCUT2D eigenvalue weighted by Crippen LogP contribution is -2.42. The number of hydrogen-bond acceptors (Lipinski definition) is 15. The van der Waals surface area contributed by atoms with E-state index >= 15 is 0 Å². The summed E-state index contributed by atoms with van der Waals surface area (Å²) in [5.41, 5.74) is 91.8. The fraction of sp³-hybridized carbons (Fsp3) is 0.430. The van der Waals surface area contributed by atoms with Crippen LogP contribution in [0, 0.1) is 111 Å². The number of guanidine groups is 4. The quantitative estimate of drug-likeness (QED) is 0.0262. The molecule has 38 N–H and O–H groups in total. The summed E-state index contributed by atoms with van der Waals surface area (Å²) in [5, 5.41) is 45.9. The van der Waals surface area contributed by atoms with E-state index in [2.05, 4.69) is 117 Å². The summed E-state index contributed by atoms with van der Waals surface area (Å²) in [6, 6.07) is 63.1. The highest BCUT2D eigenvalue weighted by molar-refractivity contribution is 5.98. The molecule has 8 aromatic rings. The van der Waals surface area contributed by atoms with Gasteiger partial charge in [-0.2, -0.15) is 10.2 Å². The van der Waals surface area contributed by atoms with Crippen molar-refractivity contribution in [2.75, 3.05) is 39.3 Å². The predicted molar refractivity (Wildman–Crippen MR) is 546 cm³/mol. The van der Waals surface area contributed by atoms with E-state index in [0.717, 1.165) is 119 Å². The molecule has 8 aromatic carbocycles. The zero-order valence-corrected chi connectivity index (χ0v) is 79.2. The first-order chi connectivity index (χ1) is 60.7. The fourth-order valence-corrected chi connectivity index (χ4v) is 13.1. The summed E-state index contributed by atoms with van der Waals surface area (Å²) in [7, 11) is 0. The molecular weight excluding hydrogens is 1590 g/mol. The van der Waals surface area contributed by atoms with Gasteiger partial charge in [-0.25, -0.2) is 9.98 Å². The van der Waals surface area contributed by atoms with Crippen molar-refractivity contribution in [1.82, 2.24) is 15.1 Å². The number of aryl methyl sites for hydroxylation is 8. The minimum Gasteiger partial charge on any atom is -0.387 e. The standard InChI is InChI=1S/C9H13N3.3C8H11N3.C8H16N2.2C8H10N2.2C8H11N.2C7H15N3.C7H15N.C6H13N/c1-2-7-3-5-8(6-4-7)9(10)12-11;1-6-2-4-7(5-3-6)11-8(9)10;1-6-3-2-4-7(5-6)11-8(9)10;1-6-3-2-4-7(5-6)8(9)11-10;2*1-6-2-4-7(5-3-6)8(9)10;1-6-3-2-4-7(5-6)8(9)10;1-7-2-4-8(6-9)5-3-7;1-7-3-2-4-8(5-7)6-9;1-6-2-4-10(5-3-6)7(8)9;1-6-3-2-4-10(5-6)7(8)9;1-6-2-4-7(8)5-3-6;1-6-2-4-7-5-3-6/h3-6H,2,11H2,1H3,(H2,10,12);2*2-5H,1H3,(H4,9,10,11);2-5H,10H2,1H3,(H2,9,11);6-7H,2-5H2,1H3,(H3,9,10);2*2-5H,1H3,(H3,9,10);2*2-5H,6,9H2,1H3;2*6H,2-5H2,1H3,(H3,8,9);6-7H,2-5,8H2,1H3;6-7H,2-5H2,1H3. The topological polar surface area (TPSA) is 604 Å². The van der Waals surface area contributed by atoms with Crippen molar-refractivity contribution >= 4 is 64.4 Å². The maximum Gasteiger partial charge on any atom is 0.191 e. The normalized spacial score (nSPS) is 16.7. The maximum atomic E-state index is 7.23. The number of rotatable bonds is 10. The third-order valence-electron chi connectivity index (χ3n) is 21.4. The Morgan fingerprint density at radius 3 is 1.12 bits per heavy atom. The van der Waals surface area contributed by atoms with Gasteiger partial charge in [-0.3, -0.25) is 27.0 Å². The van der Waals surface area contributed by atoms with Crippen molar-refractivity contribution in [1.29, 1.82) is 27.0 Å². The first kappa shape index (κ1) is 114. The highest BCUT2D eigenvalue weighted by Gasteiger charge is 2.21. The summed E-state index contributed by atoms with van der Waals surface area (Å²) < 4.78 is 0. The van der Waals surface area contributed by atoms with Crippen molar-refractivity contribution in [2.24, 2.45) is 148 Å². The van der Waals surface area contributed by atoms with Crippen LogP contribution in [-0.4, -0.2) is 108 Å². The number of nitrogens with two attached hydrogens (primary N) is 16. The molecule has 5 aliphatic rings. The van der Waals surface area contributed by atoms with Gasteiger partial charge in [0.1, 0.15) is 23.3 Å². The summed E-state index contributed by atoms with van der Waals surface area (Å²) in [5.74, 6) is 16.8. The van der Waals surface area contributed by atoms with Crippen LogP contribution in [0.25, 0.3) is 0 Å². The van der Waals surface area contributed by atoms with Crippen molar-refractivity contribution in [3.8, 4) is 0 Å². The van der Waals surface area contributed by atoms with E-state index in [1.807, 2.05) is 202 Å². The average Bonchev–Trinajstić information content (AvgIpc) is 0.908. The lowest BCUT2D eigenvalue weighted by Gasteiger charge is -2.30. The molecule has 702 valence electrons. The summed E-state index contributed by atoms with van der Waals surface area (Å²) in [6.45, 7) is 35.2. The van der Waals surface area contributed by atoms with Crippen LogP contribution in [0.5, 0.6) is 0 Å². The Morgan fingerprint density at radius 2 is 0.750 bits per heavy atom. The van der Waals surface area contributed by atoms with E-state index in [0.29, 0.717) is 48.5 Å². The van der Waals surface area contributed by atoms with Crippen LogP contribution in [0.15, 0.2) is 214 Å². The van der Waals surface area contributed by atoms with Crippen molar-refractivity contribution in [3.63, 3.8) is 0 Å². The van der Waals surface area contributed by atoms with Gasteiger partial charge in [0.25, 0.3) is 0 Å². The third kappa shape index (κ3) is 55.2. The molecule has 3 heterocycles. The van der Waals surface area contributed by atoms with Gasteiger partial charge in [-0.05, 0) is 233 Å². The van der Waals surface area contributed by atoms with Gasteiger partial charge in [-0.1, -0.05) is 245 Å². The summed E-state index contributed by atoms with van der Waals surface area (Å²) in [6.07, 6.45) is 18.6. The molecule has 1 atom stereocenters. The smallest absolute Gasteiger partial charge is 0.191 e. The number of amidine groups is 5. The molecule has 5 fully saturated rings. The predicted octanol–water partition coefficient (Wildman–Crippen LogP) is 14.2. The Bertz CT molecular complexity index is 4460. The molecule has 2 saturated carbocycles. The van der Waals surface area contributed by atoms with Crippen LogP contribution >= 0.6 is 0 Å². The van der Waals surface area contributed by atoms with Crippen molar-refractivity contribution in [3.05, 3.63) is 272 Å². The SMILES string of the molecule is CC1CCC(C(=N)N)CC1.CC1CCC(N)CC1.CC1CCCN(C(=N)N)C1.CC1CCN(C(=N)N)CC1.CC1CCNCC1.CCc1ccc(C(N)=NN)cc1.Cc1ccc(C(=N)N)cc1.Cc1ccc(CN)cc1.Cc1ccc(N=C(N)N)cc1.Cc1cccc(C(=N)N)c1.Cc1cccc(C(N)=NN)c1.Cc1cccc(CN)c1.Cc1cccc(N=C(N)N)c1. The summed E-state index contributed by atoms with van der Waals surface area (Å²) in [4.78, 5) is 11.6. The van der Waals surface area contributed by atoms with Gasteiger partial charge in [-0.15, -0.1) is 0 Å². The van der Waals surface area contributed by atoms with Gasteiger partial charge < -0.3 is 107 Å². The molecule has 128 heavy (non-hydrogen) atoms. The number of aliphatic imine (C=N–C) groups is 2. The van der Waals surface area contributed by atoms with Crippen LogP contribution in [0.4, 0.5) is 11.4 Å². The van der Waals surface area contributed by atoms with Gasteiger partial charge >= 0.3 is 0 Å². The first-order valence-corrected chi connectivity index (χ1v) is 44.6. The molecule has 13 rings (SSSR count). The van der Waals surface area contributed by atoms with Gasteiger partial charge in [0.05, 0.1) is 17.2 Å². The van der Waals surface area contributed by atoms with E-state index < -0.39 is 0 Å². The molecule has 2 aliphatic carbocycles. The molecule has 0 amide bonds. The van der Waals surface area contributed by atoms with Crippen molar-refractivity contribution < 1.29 is 0 Å². The first-order valence-electron chi connectivity index (χ1n) is 44.6. The Kier molecular flexibility index (Phi) is 58.7. The molecule has 28 heteroatoms. The Hall–Kier alpha value is -12.4. The largest absolute Gasteiger partial charge is 0.387 e. The number of likely N-dealkylation sites (tertiary alicyclic amines) is 2. The lowest BCUT2D eigenvalue weighted by atomic mass is 9.82. The molecule has 3 aliphatic heterocycles. The minimum absolute atomic E-state index is 0.0915. The second-order valence-electron chi connectivity index (χ2n) is 33.6. The molecule has 3 saturated heterocycles. The zero-order chi connectivity index (χ0) is 96.1. The maximum absolute atomic E-state index is 7.23. The zero-order valence-electron chi connectivity index (χ0n) is 79.2. The van der Waals surface area contributed by atoms with Gasteiger partial charge in [0.15, 0.2) is 23.8 Å². The number of piperidine rings is 3. The Labute approximate surface area is 766 Å². The highest BCUT2D eigenvalue weighted by Crippen LogP contribution is 2.28. The van der Waals surface area contributed by atoms with Crippen LogP contribution in [-0.2, 0) is 19.5 Å². The molecular formula is C100H162N28. The Balaban J connectivity index is 0.000000694. The van der Waals surface area contributed by atoms with E-state index in [1.54, 1.807) is 0 Å². The molecule has 0 aromatic heterocycles. The monoisotopic (exact) mass is 1760 g/mol. The third-order valence-corrected chi connectivity index (χ3v) is 21.4. The number of hydrogen-bond donors (Lipinski definition) is 22. The molecule has 0 radical (unpaired) electrons. The highest BCUT2D eigenvalue weighted by atomic mass is 15.2. The molecule has 28 nitrogen and oxygen atoms in total. The van der Waals surface area contributed by atoms with Crippen LogP contribution < -0.4 is 97.3 Å². The van der Waals surface area contributed by atoms with Gasteiger partial charge in [0.2, 0.25) is 0 Å². The van der Waals surface area contributed by atoms with E-state index in [1.165, 1.54) is 129 Å². The van der Waals surface area contributed by atoms with Crippen LogP contribution in [0.1, 0.15) is 209 Å². The van der Waals surface area contributed by atoms with E-state index in [9.17, 15) is 0 Å². The number of benzene rings is 8. The van der Waals surface area contributed by atoms with Crippen molar-refractivity contribution in [2.45, 2.75) is 205 Å². The summed E-state index contributed by atoms with van der Waals surface area (Å²) >= 11 is 0. The fourth-order valence-electron chi connectivity index (χ4n) is 13.1. The number of nitrogens with zero attached hydrogens (tertiary/aromatic N) is 6. The second kappa shape index (κ2) is 66.1. The minimum atomic E-state index is 0.0915. The van der Waals surface area contributed by atoms with E-state index in [4.69, 9.17) is 119 Å². The van der Waals surface area contributed by atoms with Crippen LogP contribution in [0.2, 0.25) is 0 Å². The lowest BCUT2D eigenvalue weighted by molar-refractivity contribution is 0.269. The number of nitrogens with one attached hydrogen (secondary N) is 6. The number of hydrazone groups is 2. The van der Waals surface area contributed by atoms with E-state index in [-0.39, 0.29) is 35.5 Å². The van der Waals surface area contributed by atoms with Crippen LogP contribution in [0.3, 0.4) is 0 Å². The van der Waals surface area contributed by atoms with Gasteiger partial charge in [0, 0.05) is 73.5 Å². The number of nitrogen functional groups attached to an aromatic ring is 2. The molecule has 0 bridgehead atoms. The molecule has 0 spiro atoms.